The molecule has 2 rings (SSSR count). The minimum Gasteiger partial charge on any atom is -0.495 e. The molecule has 2 aromatic rings. The van der Waals surface area contributed by atoms with Crippen molar-refractivity contribution in [3.63, 3.8) is 0 Å². The number of ether oxygens (including phenoxy) is 1. The van der Waals surface area contributed by atoms with E-state index in [1.165, 1.54) is 37.1 Å². The second-order valence-corrected chi connectivity index (χ2v) is 10.3. The van der Waals surface area contributed by atoms with E-state index in [1.54, 1.807) is 45.0 Å². The molecule has 10 heteroatoms. The van der Waals surface area contributed by atoms with Crippen LogP contribution in [-0.4, -0.2) is 57.1 Å². The van der Waals surface area contributed by atoms with Crippen molar-refractivity contribution in [1.82, 2.24) is 10.2 Å². The molecule has 34 heavy (non-hydrogen) atoms. The Hall–Kier alpha value is -3.14. The molecule has 0 saturated heterocycles. The minimum absolute atomic E-state index is 0.176. The molecule has 0 aliphatic carbocycles. The minimum atomic E-state index is -3.91. The van der Waals surface area contributed by atoms with Gasteiger partial charge in [-0.25, -0.2) is 12.8 Å². The van der Waals surface area contributed by atoms with E-state index < -0.39 is 40.2 Å². The Balaban J connectivity index is 2.48. The van der Waals surface area contributed by atoms with Crippen molar-refractivity contribution < 1.29 is 27.1 Å². The first-order chi connectivity index (χ1) is 15.8. The highest BCUT2D eigenvalue weighted by Gasteiger charge is 2.31. The Kier molecular flexibility index (Phi) is 9.03. The second-order valence-electron chi connectivity index (χ2n) is 8.40. The van der Waals surface area contributed by atoms with Crippen LogP contribution in [0.2, 0.25) is 0 Å². The molecule has 0 aliphatic heterocycles. The summed E-state index contributed by atoms with van der Waals surface area (Å²) in [5, 5.41) is 2.74. The number of hydrogen-bond acceptors (Lipinski definition) is 5. The molecule has 0 unspecified atom stereocenters. The third kappa shape index (κ3) is 6.93. The van der Waals surface area contributed by atoms with Crippen molar-refractivity contribution in [2.24, 2.45) is 0 Å². The van der Waals surface area contributed by atoms with Crippen LogP contribution >= 0.6 is 0 Å². The Morgan fingerprint density at radius 3 is 2.32 bits per heavy atom. The van der Waals surface area contributed by atoms with Crippen LogP contribution in [0.3, 0.4) is 0 Å². The van der Waals surface area contributed by atoms with Crippen LogP contribution in [0.25, 0.3) is 0 Å². The van der Waals surface area contributed by atoms with Gasteiger partial charge in [0, 0.05) is 18.2 Å². The number of carbonyl (C=O) groups excluding carboxylic acids is 2. The molecule has 2 amide bonds. The van der Waals surface area contributed by atoms with Gasteiger partial charge in [0.15, 0.2) is 0 Å². The maximum absolute atomic E-state index is 14.4. The zero-order valence-corrected chi connectivity index (χ0v) is 21.1. The molecular formula is C24H32FN3O5S. The number of nitrogens with zero attached hydrogens (tertiary/aromatic N) is 2. The van der Waals surface area contributed by atoms with Crippen LogP contribution in [0, 0.1) is 12.7 Å². The molecule has 8 nitrogen and oxygen atoms in total. The molecule has 186 valence electrons. The van der Waals surface area contributed by atoms with Crippen LogP contribution in [0.5, 0.6) is 5.75 Å². The summed E-state index contributed by atoms with van der Waals surface area (Å²) in [6.45, 7) is 6.07. The van der Waals surface area contributed by atoms with Gasteiger partial charge in [-0.1, -0.05) is 24.3 Å². The van der Waals surface area contributed by atoms with Crippen LogP contribution < -0.4 is 14.4 Å². The molecule has 0 aromatic heterocycles. The number of carbonyl (C=O) groups is 2. The van der Waals surface area contributed by atoms with Crippen LogP contribution in [0.15, 0.2) is 42.5 Å². The molecule has 2 aromatic carbocycles. The largest absolute Gasteiger partial charge is 0.495 e. The molecule has 0 radical (unpaired) electrons. The molecule has 0 fully saturated rings. The zero-order chi connectivity index (χ0) is 25.6. The van der Waals surface area contributed by atoms with E-state index in [0.717, 1.165) is 16.1 Å². The number of rotatable bonds is 10. The fraction of sp³-hybridized carbons (Fsp3) is 0.417. The third-order valence-corrected chi connectivity index (χ3v) is 6.31. The number of halogens is 1. The van der Waals surface area contributed by atoms with E-state index >= 15 is 0 Å². The number of nitrogens with one attached hydrogen (secondary N) is 1. The Morgan fingerprint density at radius 2 is 1.76 bits per heavy atom. The van der Waals surface area contributed by atoms with Crippen molar-refractivity contribution in [2.45, 2.75) is 46.3 Å². The topological polar surface area (TPSA) is 96.0 Å². The molecule has 0 aliphatic rings. The lowest BCUT2D eigenvalue weighted by atomic mass is 10.1. The number of amides is 2. The Morgan fingerprint density at radius 1 is 1.12 bits per heavy atom. The van der Waals surface area contributed by atoms with Crippen molar-refractivity contribution in [1.29, 1.82) is 0 Å². The Bertz CT molecular complexity index is 1140. The Labute approximate surface area is 200 Å². The van der Waals surface area contributed by atoms with Crippen LogP contribution in [0.1, 0.15) is 31.9 Å². The van der Waals surface area contributed by atoms with Gasteiger partial charge in [-0.3, -0.25) is 13.9 Å². The molecule has 0 bridgehead atoms. The lowest BCUT2D eigenvalue weighted by molar-refractivity contribution is -0.139. The summed E-state index contributed by atoms with van der Waals surface area (Å²) in [4.78, 5) is 27.4. The SMILES string of the molecule is COc1ccc(C)cc1N(CC(=O)N(Cc1ccccc1F)[C@H](C)C(=O)NC(C)C)S(C)(=O)=O. The molecule has 1 atom stereocenters. The number of hydrogen-bond donors (Lipinski definition) is 1. The highest BCUT2D eigenvalue weighted by Crippen LogP contribution is 2.31. The summed E-state index contributed by atoms with van der Waals surface area (Å²) < 4.78 is 46.0. The van der Waals surface area contributed by atoms with Gasteiger partial charge in [0.05, 0.1) is 19.1 Å². The predicted molar refractivity (Wildman–Crippen MR) is 130 cm³/mol. The predicted octanol–water partition coefficient (Wildman–Crippen LogP) is 2.85. The maximum Gasteiger partial charge on any atom is 0.244 e. The van der Waals surface area contributed by atoms with E-state index in [2.05, 4.69) is 5.32 Å². The highest BCUT2D eigenvalue weighted by molar-refractivity contribution is 7.92. The number of anilines is 1. The maximum atomic E-state index is 14.4. The quantitative estimate of drug-likeness (QED) is 0.549. The van der Waals surface area contributed by atoms with Crippen molar-refractivity contribution in [3.8, 4) is 5.75 Å². The van der Waals surface area contributed by atoms with E-state index in [1.807, 2.05) is 0 Å². The molecule has 0 spiro atoms. The summed E-state index contributed by atoms with van der Waals surface area (Å²) in [7, 11) is -2.51. The first kappa shape index (κ1) is 27.1. The van der Waals surface area contributed by atoms with Crippen LogP contribution in [-0.2, 0) is 26.2 Å². The van der Waals surface area contributed by atoms with Gasteiger partial charge in [-0.2, -0.15) is 0 Å². The monoisotopic (exact) mass is 493 g/mol. The van der Waals surface area contributed by atoms with Crippen LogP contribution in [0.4, 0.5) is 10.1 Å². The number of methoxy groups -OCH3 is 1. The van der Waals surface area contributed by atoms with Gasteiger partial charge < -0.3 is 15.0 Å². The summed E-state index contributed by atoms with van der Waals surface area (Å²) in [6.07, 6.45) is 0.984. The number of benzene rings is 2. The zero-order valence-electron chi connectivity index (χ0n) is 20.3. The smallest absolute Gasteiger partial charge is 0.244 e. The van der Waals surface area contributed by atoms with E-state index in [-0.39, 0.29) is 29.6 Å². The van der Waals surface area contributed by atoms with Gasteiger partial charge in [0.2, 0.25) is 21.8 Å². The van der Waals surface area contributed by atoms with Gasteiger partial charge in [0.1, 0.15) is 24.2 Å². The number of aryl methyl sites for hydroxylation is 1. The first-order valence-electron chi connectivity index (χ1n) is 10.8. The van der Waals surface area contributed by atoms with E-state index in [4.69, 9.17) is 4.74 Å². The average molecular weight is 494 g/mol. The molecule has 1 N–H and O–H groups in total. The summed E-state index contributed by atoms with van der Waals surface area (Å²) in [5.74, 6) is -1.35. The van der Waals surface area contributed by atoms with E-state index in [0.29, 0.717) is 0 Å². The van der Waals surface area contributed by atoms with Gasteiger partial charge in [-0.15, -0.1) is 0 Å². The first-order valence-corrected chi connectivity index (χ1v) is 12.7. The normalized spacial score (nSPS) is 12.2. The molecule has 0 heterocycles. The highest BCUT2D eigenvalue weighted by atomic mass is 32.2. The fourth-order valence-electron chi connectivity index (χ4n) is 3.39. The molecule has 0 saturated carbocycles. The van der Waals surface area contributed by atoms with Crippen molar-refractivity contribution >= 4 is 27.5 Å². The second kappa shape index (κ2) is 11.3. The average Bonchev–Trinajstić information content (AvgIpc) is 2.75. The lowest BCUT2D eigenvalue weighted by Gasteiger charge is -2.32. The van der Waals surface area contributed by atoms with E-state index in [9.17, 15) is 22.4 Å². The van der Waals surface area contributed by atoms with Gasteiger partial charge >= 0.3 is 0 Å². The van der Waals surface area contributed by atoms with Crippen molar-refractivity contribution in [3.05, 3.63) is 59.4 Å². The lowest BCUT2D eigenvalue weighted by Crippen LogP contribution is -2.52. The number of sulfonamides is 1. The van der Waals surface area contributed by atoms with Crippen molar-refractivity contribution in [2.75, 3.05) is 24.2 Å². The molecular weight excluding hydrogens is 461 g/mol. The summed E-state index contributed by atoms with van der Waals surface area (Å²) >= 11 is 0. The van der Waals surface area contributed by atoms with Gasteiger partial charge in [-0.05, 0) is 51.5 Å². The summed E-state index contributed by atoms with van der Waals surface area (Å²) in [6, 6.07) is 9.74. The fourth-order valence-corrected chi connectivity index (χ4v) is 4.23. The summed E-state index contributed by atoms with van der Waals surface area (Å²) in [5.41, 5.74) is 1.17. The van der Waals surface area contributed by atoms with Gasteiger partial charge in [0.25, 0.3) is 0 Å². The third-order valence-electron chi connectivity index (χ3n) is 5.18. The standard InChI is InChI=1S/C24H32FN3O5S/c1-16(2)26-24(30)18(4)27(14-19-9-7-8-10-20(19)25)23(29)15-28(34(6,31)32)21-13-17(3)11-12-22(21)33-5/h7-13,16,18H,14-15H2,1-6H3,(H,26,30)/t18-/m1/s1.